The van der Waals surface area contributed by atoms with E-state index in [1.165, 1.54) is 11.3 Å². The summed E-state index contributed by atoms with van der Waals surface area (Å²) in [5.74, 6) is 0.763. The lowest BCUT2D eigenvalue weighted by Crippen LogP contribution is -1.97. The third-order valence-electron chi connectivity index (χ3n) is 3.47. The van der Waals surface area contributed by atoms with Gasteiger partial charge in [0, 0.05) is 12.0 Å². The summed E-state index contributed by atoms with van der Waals surface area (Å²) in [4.78, 5) is 16.9. The van der Waals surface area contributed by atoms with Crippen LogP contribution in [0.4, 0.5) is 0 Å². The molecule has 0 saturated heterocycles. The van der Waals surface area contributed by atoms with Crippen molar-refractivity contribution in [3.63, 3.8) is 0 Å². The molecule has 0 bridgehead atoms. The molecule has 124 valence electrons. The third kappa shape index (κ3) is 3.23. The maximum Gasteiger partial charge on any atom is 0.213 e. The Labute approximate surface area is 144 Å². The summed E-state index contributed by atoms with van der Waals surface area (Å²) >= 11 is 1.53. The van der Waals surface area contributed by atoms with Crippen molar-refractivity contribution < 1.29 is 9.53 Å². The summed E-state index contributed by atoms with van der Waals surface area (Å²) in [5.41, 5.74) is 2.97. The molecule has 2 aromatic heterocycles. The quantitative estimate of drug-likeness (QED) is 0.478. The largest absolute Gasteiger partial charge is 0.489 e. The highest BCUT2D eigenvalue weighted by molar-refractivity contribution is 7.16. The van der Waals surface area contributed by atoms with Crippen molar-refractivity contribution in [1.29, 1.82) is 0 Å². The Balaban J connectivity index is 1.92. The maximum atomic E-state index is 11.6. The molecule has 0 radical (unpaired) electrons. The third-order valence-corrected chi connectivity index (χ3v) is 4.44. The molecule has 0 saturated carbocycles. The number of benzene rings is 1. The molecule has 0 spiro atoms. The average Bonchev–Trinajstić information content (AvgIpc) is 3.10. The number of aromatic nitrogens is 3. The van der Waals surface area contributed by atoms with Crippen molar-refractivity contribution in [1.82, 2.24) is 14.6 Å². The number of aryl methyl sites for hydroxylation is 1. The number of carbonyl (C=O) groups excluding carboxylic acids is 1. The summed E-state index contributed by atoms with van der Waals surface area (Å²) < 4.78 is 7.24. The van der Waals surface area contributed by atoms with E-state index in [-0.39, 0.29) is 0 Å². The molecule has 3 aromatic rings. The standard InChI is InChI=1S/C18H19N3O2S/c1-4-5-16-20-21-15(10-22)17(19-18(21)24-16)13-6-8-14(9-7-13)23-11-12(2)3/h6-10H,2,4-5,11H2,1,3H3. The van der Waals surface area contributed by atoms with Gasteiger partial charge in [0.15, 0.2) is 6.29 Å². The number of nitrogens with zero attached hydrogens (tertiary/aromatic N) is 3. The number of imidazole rings is 1. The van der Waals surface area contributed by atoms with E-state index >= 15 is 0 Å². The van der Waals surface area contributed by atoms with Crippen molar-refractivity contribution in [2.45, 2.75) is 26.7 Å². The van der Waals surface area contributed by atoms with Crippen LogP contribution >= 0.6 is 11.3 Å². The number of rotatable bonds is 7. The van der Waals surface area contributed by atoms with Crippen molar-refractivity contribution in [3.05, 3.63) is 47.1 Å². The first kappa shape index (κ1) is 16.4. The molecule has 0 N–H and O–H groups in total. The van der Waals surface area contributed by atoms with E-state index in [1.807, 2.05) is 31.2 Å². The fourth-order valence-corrected chi connectivity index (χ4v) is 3.35. The highest BCUT2D eigenvalue weighted by Gasteiger charge is 2.17. The van der Waals surface area contributed by atoms with Gasteiger partial charge in [0.05, 0.1) is 0 Å². The van der Waals surface area contributed by atoms with Gasteiger partial charge in [-0.1, -0.05) is 24.8 Å². The Morgan fingerprint density at radius 2 is 2.12 bits per heavy atom. The minimum Gasteiger partial charge on any atom is -0.489 e. The molecule has 0 fully saturated rings. The molecule has 6 heteroatoms. The van der Waals surface area contributed by atoms with E-state index in [0.717, 1.165) is 46.0 Å². The lowest BCUT2D eigenvalue weighted by molar-refractivity contribution is 0.111. The van der Waals surface area contributed by atoms with Gasteiger partial charge in [-0.15, -0.1) is 0 Å². The molecule has 0 aliphatic rings. The molecule has 0 amide bonds. The molecular weight excluding hydrogens is 322 g/mol. The van der Waals surface area contributed by atoms with Crippen molar-refractivity contribution in [2.24, 2.45) is 0 Å². The fourth-order valence-electron chi connectivity index (χ4n) is 2.35. The van der Waals surface area contributed by atoms with E-state index in [4.69, 9.17) is 4.74 Å². The number of fused-ring (bicyclic) bond motifs is 1. The van der Waals surface area contributed by atoms with Gasteiger partial charge in [0.25, 0.3) is 0 Å². The van der Waals surface area contributed by atoms with Crippen LogP contribution in [0.5, 0.6) is 5.75 Å². The zero-order valence-electron chi connectivity index (χ0n) is 13.8. The lowest BCUT2D eigenvalue weighted by atomic mass is 10.1. The Morgan fingerprint density at radius 1 is 1.38 bits per heavy atom. The molecule has 24 heavy (non-hydrogen) atoms. The second-order valence-corrected chi connectivity index (χ2v) is 6.71. The van der Waals surface area contributed by atoms with Gasteiger partial charge < -0.3 is 4.74 Å². The number of hydrogen-bond acceptors (Lipinski definition) is 5. The summed E-state index contributed by atoms with van der Waals surface area (Å²) in [7, 11) is 0. The van der Waals surface area contributed by atoms with Crippen molar-refractivity contribution >= 4 is 22.6 Å². The Morgan fingerprint density at radius 3 is 2.75 bits per heavy atom. The zero-order valence-corrected chi connectivity index (χ0v) is 14.6. The van der Waals surface area contributed by atoms with Gasteiger partial charge in [0.1, 0.15) is 28.8 Å². The SMILES string of the molecule is C=C(C)COc1ccc(-c2nc3sc(CCC)nn3c2C=O)cc1. The number of aldehydes is 1. The van der Waals surface area contributed by atoms with Crippen LogP contribution in [0.2, 0.25) is 0 Å². The van der Waals surface area contributed by atoms with Crippen LogP contribution < -0.4 is 4.74 Å². The predicted molar refractivity (Wildman–Crippen MR) is 96.0 cm³/mol. The Bertz CT molecular complexity index is 878. The molecule has 3 rings (SSSR count). The van der Waals surface area contributed by atoms with Gasteiger partial charge in [0.2, 0.25) is 4.96 Å². The normalized spacial score (nSPS) is 10.9. The molecular formula is C18H19N3O2S. The van der Waals surface area contributed by atoms with Crippen LogP contribution in [0, 0.1) is 0 Å². The summed E-state index contributed by atoms with van der Waals surface area (Å²) in [5, 5.41) is 5.49. The van der Waals surface area contributed by atoms with Crippen LogP contribution in [-0.4, -0.2) is 27.5 Å². The summed E-state index contributed by atoms with van der Waals surface area (Å²) in [6.07, 6.45) is 2.73. The highest BCUT2D eigenvalue weighted by atomic mass is 32.1. The average molecular weight is 341 g/mol. The van der Waals surface area contributed by atoms with Crippen LogP contribution in [0.1, 0.15) is 35.8 Å². The number of hydrogen-bond donors (Lipinski definition) is 0. The second kappa shape index (κ2) is 6.97. The van der Waals surface area contributed by atoms with Gasteiger partial charge in [-0.25, -0.2) is 4.98 Å². The second-order valence-electron chi connectivity index (χ2n) is 5.67. The topological polar surface area (TPSA) is 56.5 Å². The van der Waals surface area contributed by atoms with E-state index in [9.17, 15) is 4.79 Å². The van der Waals surface area contributed by atoms with E-state index < -0.39 is 0 Å². The first-order chi connectivity index (χ1) is 11.6. The Kier molecular flexibility index (Phi) is 4.76. The maximum absolute atomic E-state index is 11.6. The smallest absolute Gasteiger partial charge is 0.213 e. The van der Waals surface area contributed by atoms with Gasteiger partial charge in [-0.3, -0.25) is 4.79 Å². The summed E-state index contributed by atoms with van der Waals surface area (Å²) in [6, 6.07) is 7.55. The predicted octanol–water partition coefficient (Wildman–Crippen LogP) is 4.18. The summed E-state index contributed by atoms with van der Waals surface area (Å²) in [6.45, 7) is 8.33. The van der Waals surface area contributed by atoms with Crippen molar-refractivity contribution in [3.8, 4) is 17.0 Å². The van der Waals surface area contributed by atoms with Crippen molar-refractivity contribution in [2.75, 3.05) is 6.61 Å². The molecule has 0 atom stereocenters. The monoisotopic (exact) mass is 341 g/mol. The lowest BCUT2D eigenvalue weighted by Gasteiger charge is -2.06. The van der Waals surface area contributed by atoms with Gasteiger partial charge in [-0.05, 0) is 43.2 Å². The highest BCUT2D eigenvalue weighted by Crippen LogP contribution is 2.28. The Hall–Kier alpha value is -2.47. The van der Waals surface area contributed by atoms with E-state index in [1.54, 1.807) is 4.52 Å². The molecule has 5 nitrogen and oxygen atoms in total. The minimum atomic E-state index is 0.485. The first-order valence-electron chi connectivity index (χ1n) is 7.83. The van der Waals surface area contributed by atoms with Crippen LogP contribution in [-0.2, 0) is 6.42 Å². The molecule has 0 unspecified atom stereocenters. The van der Waals surface area contributed by atoms with E-state index in [0.29, 0.717) is 18.0 Å². The van der Waals surface area contributed by atoms with Crippen LogP contribution in [0.15, 0.2) is 36.4 Å². The zero-order chi connectivity index (χ0) is 17.1. The fraction of sp³-hybridized carbons (Fsp3) is 0.278. The minimum absolute atomic E-state index is 0.485. The van der Waals surface area contributed by atoms with Crippen LogP contribution in [0.3, 0.4) is 0 Å². The van der Waals surface area contributed by atoms with Crippen LogP contribution in [0.25, 0.3) is 16.2 Å². The molecule has 0 aliphatic carbocycles. The molecule has 0 aliphatic heterocycles. The van der Waals surface area contributed by atoms with Gasteiger partial charge in [-0.2, -0.15) is 9.61 Å². The molecule has 1 aromatic carbocycles. The number of ether oxygens (including phenoxy) is 1. The first-order valence-corrected chi connectivity index (χ1v) is 8.65. The molecule has 2 heterocycles. The van der Waals surface area contributed by atoms with Gasteiger partial charge >= 0.3 is 0 Å². The number of carbonyl (C=O) groups is 1. The van der Waals surface area contributed by atoms with E-state index in [2.05, 4.69) is 23.6 Å².